The minimum atomic E-state index is -1.61. The van der Waals surface area contributed by atoms with Crippen molar-refractivity contribution in [2.45, 2.75) is 307 Å². The van der Waals surface area contributed by atoms with Gasteiger partial charge in [-0.2, -0.15) is 0 Å². The Hall–Kier alpha value is -1.37. The number of carbonyl (C=O) groups excluding carboxylic acids is 1. The molecule has 1 fully saturated rings. The molecule has 7 N–H and O–H groups in total. The number of amides is 1. The normalized spacial score (nSPS) is 20.5. The molecule has 10 heteroatoms. The van der Waals surface area contributed by atoms with Crippen molar-refractivity contribution in [2.24, 2.45) is 0 Å². The molecule has 10 nitrogen and oxygen atoms in total. The number of unbranched alkanes of at least 4 members (excludes halogenated alkanes) is 34. The van der Waals surface area contributed by atoms with Crippen LogP contribution in [0.25, 0.3) is 0 Å². The Morgan fingerprint density at radius 1 is 0.523 bits per heavy atom. The van der Waals surface area contributed by atoms with E-state index in [4.69, 9.17) is 9.47 Å². The molecule has 8 unspecified atom stereocenters. The third kappa shape index (κ3) is 34.6. The minimum absolute atomic E-state index is 0.303. The van der Waals surface area contributed by atoms with Gasteiger partial charge in [0, 0.05) is 0 Å². The maximum atomic E-state index is 13.1. The molecule has 1 saturated heterocycles. The summed E-state index contributed by atoms with van der Waals surface area (Å²) >= 11 is 0. The quantitative estimate of drug-likeness (QED) is 0.0232. The zero-order valence-electron chi connectivity index (χ0n) is 42.1. The maximum absolute atomic E-state index is 13.1. The lowest BCUT2D eigenvalue weighted by molar-refractivity contribution is -0.302. The van der Waals surface area contributed by atoms with E-state index in [1.807, 2.05) is 6.08 Å². The summed E-state index contributed by atoms with van der Waals surface area (Å²) in [4.78, 5) is 13.1. The molecule has 65 heavy (non-hydrogen) atoms. The molecule has 1 aliphatic heterocycles. The summed E-state index contributed by atoms with van der Waals surface area (Å²) in [5, 5.41) is 64.8. The first-order valence-electron chi connectivity index (χ1n) is 27.7. The topological polar surface area (TPSA) is 169 Å². The first-order valence-corrected chi connectivity index (χ1v) is 27.7. The second-order valence-electron chi connectivity index (χ2n) is 19.5. The highest BCUT2D eigenvalue weighted by Gasteiger charge is 2.44. The van der Waals surface area contributed by atoms with Crippen LogP contribution in [0.5, 0.6) is 0 Å². The third-order valence-corrected chi connectivity index (χ3v) is 13.4. The average molecular weight is 924 g/mol. The lowest BCUT2D eigenvalue weighted by Crippen LogP contribution is -2.60. The van der Waals surface area contributed by atoms with Gasteiger partial charge in [-0.25, -0.2) is 0 Å². The molecule has 0 aromatic heterocycles. The summed E-state index contributed by atoms with van der Waals surface area (Å²) in [6, 6.07) is -0.978. The van der Waals surface area contributed by atoms with Crippen molar-refractivity contribution >= 4 is 5.91 Å². The molecule has 0 bridgehead atoms. The van der Waals surface area contributed by atoms with Gasteiger partial charge in [-0.05, 0) is 44.9 Å². The van der Waals surface area contributed by atoms with Crippen LogP contribution in [-0.4, -0.2) is 98.7 Å². The standard InChI is InChI=1S/C55H105NO9/c1-3-5-7-9-11-13-15-17-18-19-20-21-22-23-24-25-26-27-28-29-30-31-32-34-36-38-40-42-44-49(59)54(63)56-47(46-64-55-53(62)52(61)51(60)50(45-57)65-55)48(58)43-41-39-37-35-33-16-14-12-10-8-6-4-2/h23-24,41,43,47-53,55,57-62H,3-22,25-40,42,44-46H2,1-2H3,(H,56,63)/b24-23-,43-41+. The number of nitrogens with one attached hydrogen (secondary N) is 1. The van der Waals surface area contributed by atoms with Gasteiger partial charge in [0.05, 0.1) is 25.4 Å². The van der Waals surface area contributed by atoms with Gasteiger partial charge >= 0.3 is 0 Å². The Balaban J connectivity index is 2.20. The van der Waals surface area contributed by atoms with E-state index in [1.54, 1.807) is 6.08 Å². The van der Waals surface area contributed by atoms with Gasteiger partial charge < -0.3 is 45.4 Å². The smallest absolute Gasteiger partial charge is 0.249 e. The van der Waals surface area contributed by atoms with E-state index >= 15 is 0 Å². The largest absolute Gasteiger partial charge is 0.394 e. The third-order valence-electron chi connectivity index (χ3n) is 13.4. The van der Waals surface area contributed by atoms with E-state index in [9.17, 15) is 35.4 Å². The number of hydrogen-bond acceptors (Lipinski definition) is 9. The molecule has 1 aliphatic rings. The van der Waals surface area contributed by atoms with Crippen LogP contribution in [0.1, 0.15) is 258 Å². The second kappa shape index (κ2) is 45.1. The number of aliphatic hydroxyl groups is 6. The maximum Gasteiger partial charge on any atom is 0.249 e. The molecule has 1 amide bonds. The summed E-state index contributed by atoms with van der Waals surface area (Å²) < 4.78 is 11.2. The summed E-state index contributed by atoms with van der Waals surface area (Å²) in [5.74, 6) is -0.615. The molecule has 0 spiro atoms. The lowest BCUT2D eigenvalue weighted by Gasteiger charge is -2.40. The van der Waals surface area contributed by atoms with Gasteiger partial charge in [-0.1, -0.05) is 237 Å². The van der Waals surface area contributed by atoms with Crippen molar-refractivity contribution in [1.29, 1.82) is 0 Å². The fourth-order valence-electron chi connectivity index (χ4n) is 8.87. The zero-order valence-corrected chi connectivity index (χ0v) is 42.1. The molecule has 0 radical (unpaired) electrons. The molecule has 0 aliphatic carbocycles. The van der Waals surface area contributed by atoms with Crippen LogP contribution in [0.2, 0.25) is 0 Å². The monoisotopic (exact) mass is 924 g/mol. The summed E-state index contributed by atoms with van der Waals surface area (Å²) in [7, 11) is 0. The van der Waals surface area contributed by atoms with Crippen molar-refractivity contribution in [3.8, 4) is 0 Å². The molecular weight excluding hydrogens is 819 g/mol. The Bertz CT molecular complexity index is 1090. The fraction of sp³-hybridized carbons (Fsp3) is 0.909. The second-order valence-corrected chi connectivity index (χ2v) is 19.5. The van der Waals surface area contributed by atoms with E-state index in [0.717, 1.165) is 44.9 Å². The predicted octanol–water partition coefficient (Wildman–Crippen LogP) is 12.0. The number of ether oxygens (including phenoxy) is 2. The van der Waals surface area contributed by atoms with E-state index < -0.39 is 61.5 Å². The van der Waals surface area contributed by atoms with Gasteiger partial charge in [0.2, 0.25) is 5.91 Å². The van der Waals surface area contributed by atoms with Crippen molar-refractivity contribution in [3.05, 3.63) is 24.3 Å². The molecule has 0 aromatic carbocycles. The van der Waals surface area contributed by atoms with E-state index in [0.29, 0.717) is 6.42 Å². The van der Waals surface area contributed by atoms with Crippen LogP contribution < -0.4 is 5.32 Å². The van der Waals surface area contributed by atoms with Crippen LogP contribution in [0.3, 0.4) is 0 Å². The predicted molar refractivity (Wildman–Crippen MR) is 269 cm³/mol. The van der Waals surface area contributed by atoms with Gasteiger partial charge in [0.1, 0.15) is 30.5 Å². The van der Waals surface area contributed by atoms with Crippen LogP contribution in [0, 0.1) is 0 Å². The Morgan fingerprint density at radius 2 is 0.892 bits per heavy atom. The van der Waals surface area contributed by atoms with Crippen LogP contribution >= 0.6 is 0 Å². The Kier molecular flexibility index (Phi) is 42.8. The average Bonchev–Trinajstić information content (AvgIpc) is 3.31. The fourth-order valence-corrected chi connectivity index (χ4v) is 8.87. The van der Waals surface area contributed by atoms with Gasteiger partial charge in [-0.15, -0.1) is 0 Å². The van der Waals surface area contributed by atoms with Gasteiger partial charge in [-0.3, -0.25) is 4.79 Å². The van der Waals surface area contributed by atoms with Crippen molar-refractivity contribution in [1.82, 2.24) is 5.32 Å². The number of allylic oxidation sites excluding steroid dienone is 3. The number of hydrogen-bond donors (Lipinski definition) is 7. The van der Waals surface area contributed by atoms with E-state index in [2.05, 4.69) is 31.3 Å². The van der Waals surface area contributed by atoms with Crippen LogP contribution in [-0.2, 0) is 14.3 Å². The number of aliphatic hydroxyl groups excluding tert-OH is 6. The molecule has 8 atom stereocenters. The molecular formula is C55H105NO9. The lowest BCUT2D eigenvalue weighted by atomic mass is 9.99. The SMILES string of the molecule is CCCCCCCCCCCC/C=C/C(O)C(COC1OC(CO)C(O)C(O)C1O)NC(=O)C(O)CCCCCCCCCCCCCC/C=C\CCCCCCCCCCCCCC. The molecule has 384 valence electrons. The highest BCUT2D eigenvalue weighted by Crippen LogP contribution is 2.23. The van der Waals surface area contributed by atoms with E-state index in [1.165, 1.54) is 193 Å². The Morgan fingerprint density at radius 3 is 1.29 bits per heavy atom. The highest BCUT2D eigenvalue weighted by molar-refractivity contribution is 5.80. The first kappa shape index (κ1) is 61.6. The van der Waals surface area contributed by atoms with Gasteiger partial charge in [0.15, 0.2) is 6.29 Å². The molecule has 0 aromatic rings. The van der Waals surface area contributed by atoms with Crippen LogP contribution in [0.4, 0.5) is 0 Å². The van der Waals surface area contributed by atoms with Gasteiger partial charge in [0.25, 0.3) is 0 Å². The van der Waals surface area contributed by atoms with Crippen molar-refractivity contribution in [3.63, 3.8) is 0 Å². The number of carbonyl (C=O) groups is 1. The minimum Gasteiger partial charge on any atom is -0.394 e. The summed E-state index contributed by atoms with van der Waals surface area (Å²) in [6.45, 7) is 3.62. The van der Waals surface area contributed by atoms with Crippen molar-refractivity contribution in [2.75, 3.05) is 13.2 Å². The van der Waals surface area contributed by atoms with Crippen LogP contribution in [0.15, 0.2) is 24.3 Å². The first-order chi connectivity index (χ1) is 31.8. The van der Waals surface area contributed by atoms with Crippen molar-refractivity contribution < 1.29 is 44.9 Å². The number of rotatable bonds is 47. The summed E-state index contributed by atoms with van der Waals surface area (Å²) in [5.41, 5.74) is 0. The Labute approximate surface area is 399 Å². The highest BCUT2D eigenvalue weighted by atomic mass is 16.7. The summed E-state index contributed by atoms with van der Waals surface area (Å²) in [6.07, 6.45) is 45.7. The molecule has 1 heterocycles. The molecule has 0 saturated carbocycles. The molecule has 1 rings (SSSR count). The van der Waals surface area contributed by atoms with E-state index in [-0.39, 0.29) is 6.61 Å². The zero-order chi connectivity index (χ0) is 47.4.